The maximum Gasteiger partial charge on any atom is 0.226 e. The van der Waals surface area contributed by atoms with E-state index in [1.165, 1.54) is 0 Å². The van der Waals surface area contributed by atoms with Gasteiger partial charge < -0.3 is 15.2 Å². The summed E-state index contributed by atoms with van der Waals surface area (Å²) in [6.07, 6.45) is 4.10. The second kappa shape index (κ2) is 4.49. The van der Waals surface area contributed by atoms with E-state index in [9.17, 15) is 4.79 Å². The summed E-state index contributed by atoms with van der Waals surface area (Å²) in [5.74, 6) is 0.146. The quantitative estimate of drug-likeness (QED) is 0.712. The van der Waals surface area contributed by atoms with Crippen LogP contribution in [0.4, 0.5) is 0 Å². The zero-order chi connectivity index (χ0) is 10.8. The molecule has 0 saturated carbocycles. The van der Waals surface area contributed by atoms with Crippen LogP contribution in [0.5, 0.6) is 0 Å². The lowest BCUT2D eigenvalue weighted by atomic mass is 9.88. The average Bonchev–Trinajstić information content (AvgIpc) is 2.78. The molecule has 2 bridgehead atoms. The molecule has 0 aromatic carbocycles. The lowest BCUT2D eigenvalue weighted by molar-refractivity contribution is -0.127. The molecule has 15 heavy (non-hydrogen) atoms. The fourth-order valence-corrected chi connectivity index (χ4v) is 2.53. The van der Waals surface area contributed by atoms with Crippen LogP contribution < -0.4 is 5.32 Å². The number of carbonyl (C=O) groups excluding carboxylic acids is 1. The lowest BCUT2D eigenvalue weighted by Crippen LogP contribution is -2.41. The van der Waals surface area contributed by atoms with Crippen LogP contribution >= 0.6 is 0 Å². The Labute approximate surface area is 90.0 Å². The Morgan fingerprint density at radius 3 is 2.93 bits per heavy atom. The van der Waals surface area contributed by atoms with Crippen molar-refractivity contribution < 1.29 is 14.6 Å². The highest BCUT2D eigenvalue weighted by molar-refractivity contribution is 5.80. The summed E-state index contributed by atoms with van der Waals surface area (Å²) in [6, 6.07) is 0.0571. The number of ether oxygens (including phenoxy) is 1. The van der Waals surface area contributed by atoms with E-state index in [2.05, 4.69) is 5.32 Å². The first-order valence-electron chi connectivity index (χ1n) is 5.77. The second-order valence-corrected chi connectivity index (χ2v) is 4.64. The van der Waals surface area contributed by atoms with Crippen LogP contribution in [0.3, 0.4) is 0 Å². The van der Waals surface area contributed by atoms with Crippen molar-refractivity contribution in [2.45, 2.75) is 50.9 Å². The Morgan fingerprint density at radius 2 is 2.40 bits per heavy atom. The summed E-state index contributed by atoms with van der Waals surface area (Å²) in [4.78, 5) is 11.8. The van der Waals surface area contributed by atoms with Gasteiger partial charge in [-0.25, -0.2) is 0 Å². The van der Waals surface area contributed by atoms with Crippen molar-refractivity contribution in [3.63, 3.8) is 0 Å². The van der Waals surface area contributed by atoms with Gasteiger partial charge in [-0.1, -0.05) is 0 Å². The molecular weight excluding hydrogens is 194 g/mol. The normalized spacial score (nSPS) is 35.5. The van der Waals surface area contributed by atoms with E-state index in [-0.39, 0.29) is 30.6 Å². The number of aliphatic hydroxyl groups excluding tert-OH is 1. The predicted octanol–water partition coefficient (Wildman–Crippen LogP) is 0.441. The third-order valence-electron chi connectivity index (χ3n) is 3.39. The van der Waals surface area contributed by atoms with Crippen LogP contribution in [0.1, 0.15) is 32.6 Å². The van der Waals surface area contributed by atoms with Gasteiger partial charge in [-0.3, -0.25) is 4.79 Å². The Morgan fingerprint density at radius 1 is 1.60 bits per heavy atom. The molecule has 2 saturated heterocycles. The summed E-state index contributed by atoms with van der Waals surface area (Å²) in [5.41, 5.74) is 0. The molecule has 0 aromatic heterocycles. The smallest absolute Gasteiger partial charge is 0.226 e. The molecule has 2 N–H and O–H groups in total. The van der Waals surface area contributed by atoms with Gasteiger partial charge in [0.15, 0.2) is 0 Å². The molecule has 4 nitrogen and oxygen atoms in total. The molecule has 2 aliphatic rings. The standard InChI is InChI=1S/C11H19NO3/c1-7(4-5-13)12-11(14)9-6-8-2-3-10(9)15-8/h7-10,13H,2-6H2,1H3,(H,12,14). The first kappa shape index (κ1) is 10.9. The summed E-state index contributed by atoms with van der Waals surface area (Å²) < 4.78 is 5.64. The molecule has 86 valence electrons. The van der Waals surface area contributed by atoms with Crippen LogP contribution in [0.2, 0.25) is 0 Å². The molecular formula is C11H19NO3. The Hall–Kier alpha value is -0.610. The SMILES string of the molecule is CC(CCO)NC(=O)C1CC2CCC1O2. The van der Waals surface area contributed by atoms with Crippen LogP contribution in [-0.4, -0.2) is 35.9 Å². The zero-order valence-electron chi connectivity index (χ0n) is 9.11. The van der Waals surface area contributed by atoms with E-state index in [4.69, 9.17) is 9.84 Å². The summed E-state index contributed by atoms with van der Waals surface area (Å²) in [5, 5.41) is 11.7. The Bertz CT molecular complexity index is 244. The number of hydrogen-bond donors (Lipinski definition) is 2. The van der Waals surface area contributed by atoms with E-state index >= 15 is 0 Å². The zero-order valence-corrected chi connectivity index (χ0v) is 9.11. The van der Waals surface area contributed by atoms with Gasteiger partial charge in [-0.2, -0.15) is 0 Å². The number of hydrogen-bond acceptors (Lipinski definition) is 3. The van der Waals surface area contributed by atoms with Crippen molar-refractivity contribution in [3.05, 3.63) is 0 Å². The van der Waals surface area contributed by atoms with Gasteiger partial charge in [-0.05, 0) is 32.6 Å². The highest BCUT2D eigenvalue weighted by Crippen LogP contribution is 2.38. The maximum absolute atomic E-state index is 11.8. The van der Waals surface area contributed by atoms with Gasteiger partial charge in [0.1, 0.15) is 0 Å². The topological polar surface area (TPSA) is 58.6 Å². The number of nitrogens with one attached hydrogen (secondary N) is 1. The van der Waals surface area contributed by atoms with Crippen molar-refractivity contribution >= 4 is 5.91 Å². The van der Waals surface area contributed by atoms with E-state index < -0.39 is 0 Å². The van der Waals surface area contributed by atoms with Gasteiger partial charge in [-0.15, -0.1) is 0 Å². The first-order chi connectivity index (χ1) is 7.20. The maximum atomic E-state index is 11.8. The van der Waals surface area contributed by atoms with Crippen LogP contribution in [0, 0.1) is 5.92 Å². The van der Waals surface area contributed by atoms with Crippen molar-refractivity contribution in [1.29, 1.82) is 0 Å². The lowest BCUT2D eigenvalue weighted by Gasteiger charge is -2.20. The van der Waals surface area contributed by atoms with Crippen LogP contribution in [-0.2, 0) is 9.53 Å². The molecule has 0 spiro atoms. The molecule has 0 aliphatic carbocycles. The van der Waals surface area contributed by atoms with Crippen LogP contribution in [0.25, 0.3) is 0 Å². The van der Waals surface area contributed by atoms with Crippen molar-refractivity contribution in [1.82, 2.24) is 5.32 Å². The summed E-state index contributed by atoms with van der Waals surface area (Å²) in [7, 11) is 0. The summed E-state index contributed by atoms with van der Waals surface area (Å²) in [6.45, 7) is 2.04. The highest BCUT2D eigenvalue weighted by Gasteiger charge is 2.44. The molecule has 4 unspecified atom stereocenters. The van der Waals surface area contributed by atoms with E-state index in [1.54, 1.807) is 0 Å². The third kappa shape index (κ3) is 2.32. The van der Waals surface area contributed by atoms with E-state index in [0.29, 0.717) is 12.5 Å². The van der Waals surface area contributed by atoms with E-state index in [0.717, 1.165) is 19.3 Å². The number of amides is 1. The van der Waals surface area contributed by atoms with Gasteiger partial charge in [0, 0.05) is 12.6 Å². The van der Waals surface area contributed by atoms with E-state index in [1.807, 2.05) is 6.92 Å². The van der Waals surface area contributed by atoms with Crippen molar-refractivity contribution in [2.75, 3.05) is 6.61 Å². The highest BCUT2D eigenvalue weighted by atomic mass is 16.5. The fourth-order valence-electron chi connectivity index (χ4n) is 2.53. The predicted molar refractivity (Wildman–Crippen MR) is 55.3 cm³/mol. The minimum Gasteiger partial charge on any atom is -0.396 e. The molecule has 0 radical (unpaired) electrons. The van der Waals surface area contributed by atoms with Crippen molar-refractivity contribution in [3.8, 4) is 0 Å². The molecule has 2 aliphatic heterocycles. The van der Waals surface area contributed by atoms with Crippen LogP contribution in [0.15, 0.2) is 0 Å². The average molecular weight is 213 g/mol. The van der Waals surface area contributed by atoms with Gasteiger partial charge in [0.25, 0.3) is 0 Å². The Kier molecular flexibility index (Phi) is 3.26. The minimum absolute atomic E-state index is 0.0462. The largest absolute Gasteiger partial charge is 0.396 e. The molecule has 2 rings (SSSR count). The first-order valence-corrected chi connectivity index (χ1v) is 5.77. The number of fused-ring (bicyclic) bond motifs is 2. The number of aliphatic hydroxyl groups is 1. The van der Waals surface area contributed by atoms with Gasteiger partial charge >= 0.3 is 0 Å². The number of carbonyl (C=O) groups is 1. The van der Waals surface area contributed by atoms with Gasteiger partial charge in [0.05, 0.1) is 18.1 Å². The molecule has 4 heteroatoms. The van der Waals surface area contributed by atoms with Crippen molar-refractivity contribution in [2.24, 2.45) is 5.92 Å². The minimum atomic E-state index is 0.0462. The Balaban J connectivity index is 1.81. The third-order valence-corrected chi connectivity index (χ3v) is 3.39. The number of rotatable bonds is 4. The molecule has 2 heterocycles. The fraction of sp³-hybridized carbons (Fsp3) is 0.909. The molecule has 4 atom stereocenters. The molecule has 2 fully saturated rings. The monoisotopic (exact) mass is 213 g/mol. The summed E-state index contributed by atoms with van der Waals surface area (Å²) >= 11 is 0. The van der Waals surface area contributed by atoms with Gasteiger partial charge in [0.2, 0.25) is 5.91 Å². The second-order valence-electron chi connectivity index (χ2n) is 4.64. The molecule has 1 amide bonds. The molecule has 0 aromatic rings.